The van der Waals surface area contributed by atoms with Gasteiger partial charge in [0.05, 0.1) is 6.54 Å². The number of pyridine rings is 1. The van der Waals surface area contributed by atoms with E-state index in [1.807, 2.05) is 31.4 Å². The maximum Gasteiger partial charge on any atom is 0.450 e. The fraction of sp³-hybridized carbons (Fsp3) is 0.300. The van der Waals surface area contributed by atoms with Crippen LogP contribution in [0.3, 0.4) is 0 Å². The molecule has 3 aromatic heterocycles. The van der Waals surface area contributed by atoms with Crippen LogP contribution in [-0.2, 0) is 19.1 Å². The van der Waals surface area contributed by atoms with Crippen molar-refractivity contribution in [3.8, 4) is 0 Å². The fourth-order valence-corrected chi connectivity index (χ4v) is 3.41. The third-order valence-corrected chi connectivity index (χ3v) is 4.61. The molecule has 0 N–H and O–H groups in total. The van der Waals surface area contributed by atoms with E-state index in [0.717, 1.165) is 33.8 Å². The molecule has 0 saturated carbocycles. The van der Waals surface area contributed by atoms with E-state index >= 15 is 0 Å². The maximum atomic E-state index is 13.1. The van der Waals surface area contributed by atoms with Gasteiger partial charge in [0.2, 0.25) is 5.76 Å². The molecule has 0 unspecified atom stereocenters. The van der Waals surface area contributed by atoms with E-state index in [4.69, 9.17) is 0 Å². The molecular weight excluding hydrogens is 355 g/mol. The number of benzene rings is 1. The first kappa shape index (κ1) is 17.6. The van der Waals surface area contributed by atoms with Crippen molar-refractivity contribution < 1.29 is 17.6 Å². The van der Waals surface area contributed by atoms with Gasteiger partial charge in [-0.3, -0.25) is 0 Å². The Morgan fingerprint density at radius 2 is 1.93 bits per heavy atom. The molecule has 27 heavy (non-hydrogen) atoms. The normalized spacial score (nSPS) is 12.4. The molecule has 4 rings (SSSR count). The molecular formula is C20H17F3N3O. The van der Waals surface area contributed by atoms with E-state index in [1.54, 1.807) is 12.1 Å². The Labute approximate surface area is 153 Å². The van der Waals surface area contributed by atoms with E-state index in [0.29, 0.717) is 18.4 Å². The summed E-state index contributed by atoms with van der Waals surface area (Å²) in [5.41, 5.74) is 4.21. The molecule has 139 valence electrons. The third kappa shape index (κ3) is 2.97. The van der Waals surface area contributed by atoms with Gasteiger partial charge in [0.25, 0.3) is 0 Å². The van der Waals surface area contributed by atoms with Crippen molar-refractivity contribution in [3.05, 3.63) is 58.9 Å². The average Bonchev–Trinajstić information content (AvgIpc) is 3.16. The fourth-order valence-electron chi connectivity index (χ4n) is 3.41. The largest absolute Gasteiger partial charge is 0.450 e. The second-order valence-electron chi connectivity index (χ2n) is 6.63. The van der Waals surface area contributed by atoms with Gasteiger partial charge in [-0.15, -0.1) is 0 Å². The van der Waals surface area contributed by atoms with E-state index in [1.165, 1.54) is 6.07 Å². The molecule has 0 saturated heterocycles. The summed E-state index contributed by atoms with van der Waals surface area (Å²) in [6, 6.07) is 6.86. The average molecular weight is 372 g/mol. The van der Waals surface area contributed by atoms with Gasteiger partial charge in [0.15, 0.2) is 11.9 Å². The summed E-state index contributed by atoms with van der Waals surface area (Å²) in [5.74, 6) is -0.170. The lowest BCUT2D eigenvalue weighted by Crippen LogP contribution is -2.06. The molecule has 0 aliphatic carbocycles. The van der Waals surface area contributed by atoms with E-state index < -0.39 is 11.9 Å². The van der Waals surface area contributed by atoms with Crippen LogP contribution in [0.25, 0.3) is 21.9 Å². The van der Waals surface area contributed by atoms with Crippen LogP contribution in [0.15, 0.2) is 28.7 Å². The third-order valence-electron chi connectivity index (χ3n) is 4.61. The minimum absolute atomic E-state index is 0.0165. The highest BCUT2D eigenvalue weighted by Crippen LogP contribution is 2.36. The van der Waals surface area contributed by atoms with Crippen LogP contribution in [0.1, 0.15) is 35.3 Å². The number of hydrogen-bond donors (Lipinski definition) is 0. The Bertz CT molecular complexity index is 1150. The highest BCUT2D eigenvalue weighted by atomic mass is 19.4. The van der Waals surface area contributed by atoms with Crippen LogP contribution in [-0.4, -0.2) is 14.5 Å². The number of rotatable bonds is 3. The van der Waals surface area contributed by atoms with Crippen molar-refractivity contribution in [2.75, 3.05) is 0 Å². The minimum atomic E-state index is -4.55. The summed E-state index contributed by atoms with van der Waals surface area (Å²) in [5, 5.41) is 0.324. The lowest BCUT2D eigenvalue weighted by Gasteiger charge is -2.09. The summed E-state index contributed by atoms with van der Waals surface area (Å²) in [6.45, 7) is 6.28. The predicted molar refractivity (Wildman–Crippen MR) is 95.5 cm³/mol. The van der Waals surface area contributed by atoms with Gasteiger partial charge in [0.1, 0.15) is 11.3 Å². The number of fused-ring (bicyclic) bond motifs is 2. The summed E-state index contributed by atoms with van der Waals surface area (Å²) in [7, 11) is 0. The van der Waals surface area contributed by atoms with Crippen LogP contribution in [0.5, 0.6) is 0 Å². The Morgan fingerprint density at radius 3 is 2.63 bits per heavy atom. The number of imidazole rings is 1. The number of aryl methyl sites for hydroxylation is 3. The first-order valence-electron chi connectivity index (χ1n) is 8.61. The quantitative estimate of drug-likeness (QED) is 0.495. The van der Waals surface area contributed by atoms with Crippen LogP contribution in [0.4, 0.5) is 13.2 Å². The smallest absolute Gasteiger partial charge is 0.447 e. The summed E-state index contributed by atoms with van der Waals surface area (Å²) >= 11 is 0. The summed E-state index contributed by atoms with van der Waals surface area (Å²) in [6.07, 6.45) is -1.53. The van der Waals surface area contributed by atoms with Crippen molar-refractivity contribution in [2.45, 2.75) is 39.9 Å². The molecule has 0 fully saturated rings. The van der Waals surface area contributed by atoms with E-state index in [-0.39, 0.29) is 5.39 Å². The van der Waals surface area contributed by atoms with Crippen molar-refractivity contribution in [2.24, 2.45) is 0 Å². The standard InChI is InChI=1S/C20H17F3N3O/c1-4-16-25-17-11(2)7-12(3)24-19(17)26(16)9-13-5-6-14-10-27-18(15(14)8-13)20(21,22)23/h5-8H,4,9H2,1-3H3. The highest BCUT2D eigenvalue weighted by Gasteiger charge is 2.37. The van der Waals surface area contributed by atoms with Crippen molar-refractivity contribution >= 4 is 21.9 Å². The lowest BCUT2D eigenvalue weighted by molar-refractivity contribution is -0.151. The maximum absolute atomic E-state index is 13.1. The first-order chi connectivity index (χ1) is 12.8. The van der Waals surface area contributed by atoms with Gasteiger partial charge in [-0.1, -0.05) is 19.1 Å². The molecule has 0 amide bonds. The first-order valence-corrected chi connectivity index (χ1v) is 8.61. The minimum Gasteiger partial charge on any atom is -0.447 e. The molecule has 4 nitrogen and oxygen atoms in total. The summed E-state index contributed by atoms with van der Waals surface area (Å²) in [4.78, 5) is 9.28. The van der Waals surface area contributed by atoms with Crippen LogP contribution < -0.4 is 0 Å². The van der Waals surface area contributed by atoms with Crippen LogP contribution in [0, 0.1) is 20.1 Å². The number of nitrogens with zero attached hydrogens (tertiary/aromatic N) is 3. The summed E-state index contributed by atoms with van der Waals surface area (Å²) < 4.78 is 46.0. The van der Waals surface area contributed by atoms with Crippen LogP contribution >= 0.6 is 0 Å². The van der Waals surface area contributed by atoms with Gasteiger partial charge in [-0.05, 0) is 37.1 Å². The molecule has 0 atom stereocenters. The van der Waals surface area contributed by atoms with Gasteiger partial charge in [-0.2, -0.15) is 13.2 Å². The van der Waals surface area contributed by atoms with Crippen molar-refractivity contribution in [1.82, 2.24) is 14.5 Å². The molecule has 0 bridgehead atoms. The number of hydrogen-bond acceptors (Lipinski definition) is 3. The Morgan fingerprint density at radius 1 is 1.15 bits per heavy atom. The zero-order chi connectivity index (χ0) is 19.3. The van der Waals surface area contributed by atoms with Gasteiger partial charge in [-0.25, -0.2) is 9.97 Å². The number of furan rings is 1. The number of halogens is 3. The molecule has 7 heteroatoms. The number of alkyl halides is 3. The molecule has 4 aromatic rings. The second-order valence-corrected chi connectivity index (χ2v) is 6.63. The van der Waals surface area contributed by atoms with Gasteiger partial charge in [0, 0.05) is 22.9 Å². The molecule has 1 aromatic carbocycles. The van der Waals surface area contributed by atoms with Crippen LogP contribution in [0.2, 0.25) is 0 Å². The van der Waals surface area contributed by atoms with Crippen molar-refractivity contribution in [1.29, 1.82) is 0 Å². The van der Waals surface area contributed by atoms with Gasteiger partial charge < -0.3 is 8.98 Å². The van der Waals surface area contributed by atoms with E-state index in [2.05, 4.69) is 20.6 Å². The topological polar surface area (TPSA) is 43.9 Å². The molecule has 1 radical (unpaired) electrons. The van der Waals surface area contributed by atoms with E-state index in [9.17, 15) is 13.2 Å². The molecule has 0 spiro atoms. The SMILES string of the molecule is CCc1nc2c(C)cc(C)nc2n1Cc1ccc2[c]oc(C(F)(F)F)c2c1. The zero-order valence-electron chi connectivity index (χ0n) is 15.1. The molecule has 0 aliphatic rings. The van der Waals surface area contributed by atoms with Crippen molar-refractivity contribution in [3.63, 3.8) is 0 Å². The Kier molecular flexibility index (Phi) is 3.98. The molecule has 0 aliphatic heterocycles. The zero-order valence-corrected chi connectivity index (χ0v) is 15.1. The Hall–Kier alpha value is -2.83. The van der Waals surface area contributed by atoms with Gasteiger partial charge >= 0.3 is 6.18 Å². The number of aromatic nitrogens is 3. The monoisotopic (exact) mass is 372 g/mol. The lowest BCUT2D eigenvalue weighted by atomic mass is 10.1. The predicted octanol–water partition coefficient (Wildman–Crippen LogP) is 5.22. The second kappa shape index (κ2) is 6.11. The molecule has 3 heterocycles. The highest BCUT2D eigenvalue weighted by molar-refractivity contribution is 5.85. The Balaban J connectivity index is 1.85.